The number of nitrogens with zero attached hydrogens (tertiary/aromatic N) is 1. The molecular formula is C11H13NO5S. The van der Waals surface area contributed by atoms with Gasteiger partial charge in [-0.15, -0.1) is 4.33 Å². The highest BCUT2D eigenvalue weighted by atomic mass is 32.2. The summed E-state index contributed by atoms with van der Waals surface area (Å²) in [6, 6.07) is 0. The number of imide groups is 1. The van der Waals surface area contributed by atoms with Gasteiger partial charge in [-0.25, -0.2) is 5.26 Å². The third-order valence-electron chi connectivity index (χ3n) is 4.35. The van der Waals surface area contributed by atoms with Gasteiger partial charge in [0, 0.05) is 30.3 Å². The molecule has 3 aliphatic rings. The quantitative estimate of drug-likeness (QED) is 0.204. The molecule has 2 fully saturated rings. The van der Waals surface area contributed by atoms with Crippen molar-refractivity contribution in [2.45, 2.75) is 6.42 Å². The van der Waals surface area contributed by atoms with Crippen molar-refractivity contribution in [3.05, 3.63) is 12.2 Å². The van der Waals surface area contributed by atoms with E-state index in [0.29, 0.717) is 5.75 Å². The zero-order valence-corrected chi connectivity index (χ0v) is 10.6. The maximum atomic E-state index is 12.2. The Kier molecular flexibility index (Phi) is 2.74. The molecule has 4 atom stereocenters. The number of hydrogen-bond acceptors (Lipinski definition) is 6. The molecular weight excluding hydrogens is 258 g/mol. The predicted octanol–water partition coefficient (Wildman–Crippen LogP) is 0.863. The van der Waals surface area contributed by atoms with Crippen LogP contribution in [0.3, 0.4) is 0 Å². The summed E-state index contributed by atoms with van der Waals surface area (Å²) >= 11 is 0.949. The van der Waals surface area contributed by atoms with Gasteiger partial charge in [-0.1, -0.05) is 17.2 Å². The zero-order chi connectivity index (χ0) is 12.9. The molecule has 0 aromatic carbocycles. The number of carbonyl (C=O) groups is 2. The van der Waals surface area contributed by atoms with Crippen LogP contribution >= 0.6 is 12.0 Å². The van der Waals surface area contributed by atoms with Crippen molar-refractivity contribution in [2.75, 3.05) is 12.8 Å². The molecule has 0 radical (unpaired) electrons. The average Bonchev–Trinajstić information content (AvgIpc) is 2.97. The Morgan fingerprint density at radius 2 is 2.33 bits per heavy atom. The van der Waals surface area contributed by atoms with Crippen LogP contribution in [-0.2, 0) is 19.0 Å². The summed E-state index contributed by atoms with van der Waals surface area (Å²) in [4.78, 5) is 25.4. The van der Waals surface area contributed by atoms with Gasteiger partial charge in [0.05, 0.1) is 11.8 Å². The van der Waals surface area contributed by atoms with Gasteiger partial charge >= 0.3 is 0 Å². The van der Waals surface area contributed by atoms with E-state index in [9.17, 15) is 9.59 Å². The highest BCUT2D eigenvalue weighted by molar-refractivity contribution is 7.94. The fraction of sp³-hybridized carbons (Fsp3) is 0.636. The van der Waals surface area contributed by atoms with Gasteiger partial charge in [0.2, 0.25) is 11.8 Å². The minimum atomic E-state index is -0.351. The largest absolute Gasteiger partial charge is 0.285 e. The summed E-state index contributed by atoms with van der Waals surface area (Å²) in [5.41, 5.74) is -0.351. The Morgan fingerprint density at radius 3 is 3.06 bits per heavy atom. The first kappa shape index (κ1) is 12.2. The van der Waals surface area contributed by atoms with Crippen molar-refractivity contribution in [1.29, 1.82) is 0 Å². The zero-order valence-electron chi connectivity index (χ0n) is 9.74. The first-order valence-electron chi connectivity index (χ1n) is 5.71. The van der Waals surface area contributed by atoms with Crippen molar-refractivity contribution < 1.29 is 24.2 Å². The molecule has 4 unspecified atom stereocenters. The monoisotopic (exact) mass is 271 g/mol. The number of fused-ring (bicyclic) bond motifs is 5. The van der Waals surface area contributed by atoms with Crippen molar-refractivity contribution >= 4 is 23.9 Å². The van der Waals surface area contributed by atoms with E-state index < -0.39 is 0 Å². The Balaban J connectivity index is 1.86. The minimum absolute atomic E-state index is 0.0782. The highest BCUT2D eigenvalue weighted by Crippen LogP contribution is 2.60. The molecule has 6 nitrogen and oxygen atoms in total. The van der Waals surface area contributed by atoms with E-state index >= 15 is 0 Å². The molecule has 2 bridgehead atoms. The maximum Gasteiger partial charge on any atom is 0.233 e. The number of rotatable bonds is 4. The van der Waals surface area contributed by atoms with Crippen molar-refractivity contribution in [1.82, 2.24) is 4.90 Å². The number of amides is 2. The molecule has 1 saturated carbocycles. The van der Waals surface area contributed by atoms with E-state index in [4.69, 9.17) is 5.26 Å². The molecule has 7 heteroatoms. The second-order valence-electron chi connectivity index (χ2n) is 5.10. The lowest BCUT2D eigenvalue weighted by Crippen LogP contribution is -2.35. The third kappa shape index (κ3) is 1.41. The molecule has 1 aliphatic heterocycles. The first-order chi connectivity index (χ1) is 8.60. The topological polar surface area (TPSA) is 76.1 Å². The van der Waals surface area contributed by atoms with Gasteiger partial charge in [-0.2, -0.15) is 0 Å². The number of likely N-dealkylation sites (tertiary alicyclic amines) is 1. The molecule has 0 spiro atoms. The molecule has 1 N–H and O–H groups in total. The summed E-state index contributed by atoms with van der Waals surface area (Å²) < 4.78 is 4.41. The lowest BCUT2D eigenvalue weighted by atomic mass is 9.76. The fourth-order valence-corrected chi connectivity index (χ4v) is 4.29. The van der Waals surface area contributed by atoms with Crippen LogP contribution in [0.2, 0.25) is 0 Å². The average molecular weight is 271 g/mol. The molecule has 1 saturated heterocycles. The Bertz CT molecular complexity index is 439. The first-order valence-corrected chi connectivity index (χ1v) is 6.62. The SMILES string of the molecule is CN1C(=O)C2C3C=CC(CSOOO)(C3)C2C1=O. The maximum absolute atomic E-state index is 12.2. The van der Waals surface area contributed by atoms with Crippen LogP contribution in [-0.4, -0.2) is 34.8 Å². The van der Waals surface area contributed by atoms with E-state index in [1.54, 1.807) is 0 Å². The summed E-state index contributed by atoms with van der Waals surface area (Å²) in [7, 11) is 1.54. The Morgan fingerprint density at radius 1 is 1.56 bits per heavy atom. The predicted molar refractivity (Wildman–Crippen MR) is 61.7 cm³/mol. The third-order valence-corrected chi connectivity index (χ3v) is 5.16. The number of allylic oxidation sites excluding steroid dienone is 2. The molecule has 3 rings (SSSR count). The van der Waals surface area contributed by atoms with Crippen LogP contribution in [0.25, 0.3) is 0 Å². The number of carbonyl (C=O) groups excluding carboxylic acids is 2. The van der Waals surface area contributed by atoms with E-state index in [2.05, 4.69) is 9.37 Å². The van der Waals surface area contributed by atoms with E-state index in [-0.39, 0.29) is 35.0 Å². The van der Waals surface area contributed by atoms with Crippen molar-refractivity contribution in [3.8, 4) is 0 Å². The van der Waals surface area contributed by atoms with Gasteiger partial charge < -0.3 is 0 Å². The van der Waals surface area contributed by atoms with Gasteiger partial charge in [0.1, 0.15) is 0 Å². The van der Waals surface area contributed by atoms with E-state index in [1.165, 1.54) is 11.9 Å². The van der Waals surface area contributed by atoms with Crippen LogP contribution in [0.1, 0.15) is 6.42 Å². The highest BCUT2D eigenvalue weighted by Gasteiger charge is 2.65. The van der Waals surface area contributed by atoms with Crippen molar-refractivity contribution in [2.24, 2.45) is 23.2 Å². The van der Waals surface area contributed by atoms with Gasteiger partial charge in [-0.05, 0) is 12.3 Å². The molecule has 2 amide bonds. The van der Waals surface area contributed by atoms with Crippen LogP contribution < -0.4 is 0 Å². The lowest BCUT2D eigenvalue weighted by molar-refractivity contribution is -0.432. The number of hydrogen-bond donors (Lipinski definition) is 1. The molecule has 98 valence electrons. The van der Waals surface area contributed by atoms with Crippen LogP contribution in [0.15, 0.2) is 12.2 Å². The summed E-state index contributed by atoms with van der Waals surface area (Å²) in [6.07, 6.45) is 4.82. The standard InChI is InChI=1S/C11H13NO5S/c1-12-9(13)7-6-2-3-11(4-6,5-18-17-16-15)8(7)10(12)14/h2-3,6-8,15H,4-5H2,1H3. The Hall–Kier alpha value is -0.890. The minimum Gasteiger partial charge on any atom is -0.285 e. The second kappa shape index (κ2) is 4.06. The van der Waals surface area contributed by atoms with Crippen LogP contribution in [0, 0.1) is 23.2 Å². The van der Waals surface area contributed by atoms with E-state index in [0.717, 1.165) is 18.5 Å². The smallest absolute Gasteiger partial charge is 0.233 e. The van der Waals surface area contributed by atoms with Gasteiger partial charge in [0.15, 0.2) is 0 Å². The molecule has 0 aromatic heterocycles. The molecule has 18 heavy (non-hydrogen) atoms. The molecule has 0 aromatic rings. The van der Waals surface area contributed by atoms with Gasteiger partial charge in [0.25, 0.3) is 0 Å². The molecule has 2 aliphatic carbocycles. The van der Waals surface area contributed by atoms with Gasteiger partial charge in [-0.3, -0.25) is 14.5 Å². The normalized spacial score (nSPS) is 41.0. The summed E-state index contributed by atoms with van der Waals surface area (Å²) in [6.45, 7) is 0. The molecule has 1 heterocycles. The van der Waals surface area contributed by atoms with Crippen LogP contribution in [0.4, 0.5) is 0 Å². The van der Waals surface area contributed by atoms with Crippen molar-refractivity contribution in [3.63, 3.8) is 0 Å². The fourth-order valence-electron chi connectivity index (χ4n) is 3.59. The second-order valence-corrected chi connectivity index (χ2v) is 5.76. The lowest BCUT2D eigenvalue weighted by Gasteiger charge is -2.29. The van der Waals surface area contributed by atoms with E-state index in [1.807, 2.05) is 12.2 Å². The summed E-state index contributed by atoms with van der Waals surface area (Å²) in [5.74, 6) is -0.0721. The Labute approximate surface area is 108 Å². The van der Waals surface area contributed by atoms with Crippen LogP contribution in [0.5, 0.6) is 0 Å². The summed E-state index contributed by atoms with van der Waals surface area (Å²) in [5, 5.41) is 11.7.